The Morgan fingerprint density at radius 1 is 1.03 bits per heavy atom. The molecule has 0 spiro atoms. The number of benzene rings is 3. The van der Waals surface area contributed by atoms with E-state index >= 15 is 0 Å². The summed E-state index contributed by atoms with van der Waals surface area (Å²) in [5.74, 6) is 1.03. The van der Waals surface area contributed by atoms with E-state index in [0.29, 0.717) is 38.3 Å². The Morgan fingerprint density at radius 2 is 1.83 bits per heavy atom. The number of rotatable bonds is 6. The van der Waals surface area contributed by atoms with Crippen LogP contribution in [0.4, 0.5) is 5.69 Å². The fourth-order valence-electron chi connectivity index (χ4n) is 4.14. The Balaban J connectivity index is 1.44. The zero-order valence-electron chi connectivity index (χ0n) is 18.8. The summed E-state index contributed by atoms with van der Waals surface area (Å²) in [6.07, 6.45) is 0. The van der Waals surface area contributed by atoms with Crippen molar-refractivity contribution in [1.82, 2.24) is 18.9 Å². The summed E-state index contributed by atoms with van der Waals surface area (Å²) in [5.41, 5.74) is 3.25. The molecule has 9 nitrogen and oxygen atoms in total. The molecule has 0 amide bonds. The van der Waals surface area contributed by atoms with Gasteiger partial charge in [-0.25, -0.2) is 9.97 Å². The van der Waals surface area contributed by atoms with Crippen molar-refractivity contribution in [3.05, 3.63) is 99.0 Å². The van der Waals surface area contributed by atoms with Crippen LogP contribution in [0.25, 0.3) is 31.9 Å². The van der Waals surface area contributed by atoms with E-state index in [4.69, 9.17) is 14.7 Å². The number of ether oxygens (including phenoxy) is 1. The maximum atomic E-state index is 12.9. The number of non-ortho nitro benzene ring substituents is 1. The minimum Gasteiger partial charge on any atom is -0.495 e. The summed E-state index contributed by atoms with van der Waals surface area (Å²) in [6.45, 7) is 0. The van der Waals surface area contributed by atoms with Gasteiger partial charge < -0.3 is 4.74 Å². The molecule has 36 heavy (non-hydrogen) atoms. The molecule has 178 valence electrons. The predicted molar refractivity (Wildman–Crippen MR) is 141 cm³/mol. The van der Waals surface area contributed by atoms with Gasteiger partial charge in [-0.05, 0) is 30.3 Å². The molecule has 6 rings (SSSR count). The molecule has 3 aromatic carbocycles. The first kappa shape index (κ1) is 22.3. The Labute approximate surface area is 211 Å². The summed E-state index contributed by atoms with van der Waals surface area (Å²) >= 11 is 2.86. The molecular formula is C25H17N5O4S2. The first-order valence-corrected chi connectivity index (χ1v) is 12.7. The van der Waals surface area contributed by atoms with Crippen molar-refractivity contribution < 1.29 is 9.66 Å². The van der Waals surface area contributed by atoms with Crippen LogP contribution >= 0.6 is 23.1 Å². The van der Waals surface area contributed by atoms with E-state index in [1.54, 1.807) is 23.6 Å². The number of hydrogen-bond acceptors (Lipinski definition) is 8. The molecule has 0 N–H and O–H groups in total. The lowest BCUT2D eigenvalue weighted by molar-refractivity contribution is -0.384. The molecular weight excluding hydrogens is 498 g/mol. The number of nitrogens with zero attached hydrogens (tertiary/aromatic N) is 5. The van der Waals surface area contributed by atoms with Crippen LogP contribution in [-0.4, -0.2) is 31.0 Å². The highest BCUT2D eigenvalue weighted by Gasteiger charge is 2.19. The van der Waals surface area contributed by atoms with Gasteiger partial charge in [-0.2, -0.15) is 0 Å². The normalized spacial score (nSPS) is 11.5. The lowest BCUT2D eigenvalue weighted by Gasteiger charge is -2.13. The largest absolute Gasteiger partial charge is 0.495 e. The number of thioether (sulfide) groups is 1. The van der Waals surface area contributed by atoms with Gasteiger partial charge in [0.05, 0.1) is 44.7 Å². The number of para-hydroxylation sites is 3. The first-order valence-electron chi connectivity index (χ1n) is 10.9. The Kier molecular flexibility index (Phi) is 5.42. The van der Waals surface area contributed by atoms with Gasteiger partial charge >= 0.3 is 0 Å². The third kappa shape index (κ3) is 3.69. The van der Waals surface area contributed by atoms with E-state index in [1.165, 1.54) is 35.2 Å². The van der Waals surface area contributed by atoms with Crippen molar-refractivity contribution in [3.63, 3.8) is 0 Å². The number of aromatic nitrogens is 4. The molecule has 6 aromatic rings. The second kappa shape index (κ2) is 8.77. The van der Waals surface area contributed by atoms with Crippen molar-refractivity contribution in [2.24, 2.45) is 0 Å². The van der Waals surface area contributed by atoms with Crippen molar-refractivity contribution >= 4 is 55.0 Å². The molecule has 0 atom stereocenters. The van der Waals surface area contributed by atoms with Gasteiger partial charge in [-0.3, -0.25) is 23.9 Å². The van der Waals surface area contributed by atoms with Crippen LogP contribution in [0.5, 0.6) is 5.75 Å². The maximum absolute atomic E-state index is 12.9. The number of methoxy groups -OCH3 is 1. The van der Waals surface area contributed by atoms with Crippen LogP contribution in [0, 0.1) is 10.1 Å². The van der Waals surface area contributed by atoms with E-state index in [-0.39, 0.29) is 11.2 Å². The van der Waals surface area contributed by atoms with Gasteiger partial charge in [0.1, 0.15) is 5.75 Å². The molecule has 0 saturated carbocycles. The highest BCUT2D eigenvalue weighted by molar-refractivity contribution is 7.98. The molecule has 0 radical (unpaired) electrons. The quantitative estimate of drug-likeness (QED) is 0.165. The van der Waals surface area contributed by atoms with Crippen LogP contribution in [0.15, 0.2) is 82.7 Å². The second-order valence-electron chi connectivity index (χ2n) is 7.89. The average Bonchev–Trinajstić information content (AvgIpc) is 3.45. The standard InChI is InChI=1S/C25H17N5O4S2/c1-34-21-8-4-2-6-19(21)28-18-11-10-16(30(32)33)13-17(18)27-24(28)35-14-15-12-23(31)29-20-7-3-5-9-22(20)36-25(29)26-15/h2-13H,14H2,1H3. The summed E-state index contributed by atoms with van der Waals surface area (Å²) in [4.78, 5) is 33.9. The fourth-order valence-corrected chi connectivity index (χ4v) is 6.10. The molecule has 0 unspecified atom stereocenters. The van der Waals surface area contributed by atoms with E-state index < -0.39 is 4.92 Å². The third-order valence-corrected chi connectivity index (χ3v) is 7.74. The molecule has 0 fully saturated rings. The van der Waals surface area contributed by atoms with Gasteiger partial charge in [0.15, 0.2) is 10.1 Å². The second-order valence-corrected chi connectivity index (χ2v) is 9.85. The molecule has 0 saturated heterocycles. The minimum absolute atomic E-state index is 0.0337. The zero-order valence-corrected chi connectivity index (χ0v) is 20.5. The first-order chi connectivity index (χ1) is 17.5. The van der Waals surface area contributed by atoms with Crippen LogP contribution in [0.2, 0.25) is 0 Å². The number of nitro groups is 1. The molecule has 0 aliphatic heterocycles. The molecule has 11 heteroatoms. The topological polar surface area (TPSA) is 105 Å². The number of imidazole rings is 1. The van der Waals surface area contributed by atoms with Crippen molar-refractivity contribution in [2.45, 2.75) is 10.9 Å². The number of hydrogen-bond donors (Lipinski definition) is 0. The van der Waals surface area contributed by atoms with Gasteiger partial charge in [0.25, 0.3) is 11.2 Å². The molecule has 3 aromatic heterocycles. The van der Waals surface area contributed by atoms with Gasteiger partial charge in [0.2, 0.25) is 0 Å². The fraction of sp³-hybridized carbons (Fsp3) is 0.0800. The summed E-state index contributed by atoms with van der Waals surface area (Å²) in [6, 6.07) is 21.4. The van der Waals surface area contributed by atoms with E-state index in [0.717, 1.165) is 15.9 Å². The molecule has 3 heterocycles. The van der Waals surface area contributed by atoms with Crippen LogP contribution in [0.1, 0.15) is 5.69 Å². The highest BCUT2D eigenvalue weighted by atomic mass is 32.2. The lowest BCUT2D eigenvalue weighted by Crippen LogP contribution is -2.13. The third-order valence-electron chi connectivity index (χ3n) is 5.74. The summed E-state index contributed by atoms with van der Waals surface area (Å²) in [5, 5.41) is 11.9. The SMILES string of the molecule is COc1ccccc1-n1c(SCc2cc(=O)n3c(n2)sc2ccccc23)nc2cc([N+](=O)[O-])ccc21. The number of fused-ring (bicyclic) bond motifs is 4. The lowest BCUT2D eigenvalue weighted by atomic mass is 10.2. The van der Waals surface area contributed by atoms with Crippen molar-refractivity contribution in [1.29, 1.82) is 0 Å². The highest BCUT2D eigenvalue weighted by Crippen LogP contribution is 2.35. The van der Waals surface area contributed by atoms with E-state index in [9.17, 15) is 14.9 Å². The van der Waals surface area contributed by atoms with E-state index in [2.05, 4.69) is 0 Å². The number of nitro benzene ring substituents is 1. The van der Waals surface area contributed by atoms with Crippen molar-refractivity contribution in [3.8, 4) is 11.4 Å². The predicted octanol–water partition coefficient (Wildman–Crippen LogP) is 5.46. The Bertz CT molecular complexity index is 1860. The molecule has 0 bridgehead atoms. The number of thiazole rings is 1. The van der Waals surface area contributed by atoms with Crippen LogP contribution in [0.3, 0.4) is 0 Å². The molecule has 0 aliphatic carbocycles. The Hall–Kier alpha value is -4.22. The van der Waals surface area contributed by atoms with Crippen LogP contribution in [-0.2, 0) is 5.75 Å². The minimum atomic E-state index is -0.439. The smallest absolute Gasteiger partial charge is 0.271 e. The van der Waals surface area contributed by atoms with Gasteiger partial charge in [-0.1, -0.05) is 47.4 Å². The van der Waals surface area contributed by atoms with E-state index in [1.807, 2.05) is 53.1 Å². The average molecular weight is 516 g/mol. The van der Waals surface area contributed by atoms with Gasteiger partial charge in [0, 0.05) is 24.0 Å². The zero-order chi connectivity index (χ0) is 24.8. The van der Waals surface area contributed by atoms with Crippen LogP contribution < -0.4 is 10.3 Å². The summed E-state index contributed by atoms with van der Waals surface area (Å²) in [7, 11) is 1.59. The maximum Gasteiger partial charge on any atom is 0.271 e. The summed E-state index contributed by atoms with van der Waals surface area (Å²) < 4.78 is 10.1. The molecule has 0 aliphatic rings. The van der Waals surface area contributed by atoms with Gasteiger partial charge in [-0.15, -0.1) is 0 Å². The Morgan fingerprint density at radius 3 is 2.67 bits per heavy atom. The van der Waals surface area contributed by atoms with Crippen molar-refractivity contribution in [2.75, 3.05) is 7.11 Å². The monoisotopic (exact) mass is 515 g/mol.